The molecule has 2 fully saturated rings. The van der Waals surface area contributed by atoms with Crippen molar-refractivity contribution in [2.24, 2.45) is 40.7 Å². The van der Waals surface area contributed by atoms with Gasteiger partial charge in [0.2, 0.25) is 53.2 Å². The number of amides is 11. The highest BCUT2D eigenvalue weighted by atomic mass is 19.4. The average Bonchev–Trinajstić information content (AvgIpc) is 1.37. The minimum atomic E-state index is -4.60. The van der Waals surface area contributed by atoms with Gasteiger partial charge >= 0.3 is 12.2 Å². The zero-order valence-electron chi connectivity index (χ0n) is 66.2. The normalized spacial score (nSPS) is 18.9. The molecular weight excluding hydrogens is 1370 g/mol. The van der Waals surface area contributed by atoms with Crippen LogP contribution in [0.3, 0.4) is 0 Å². The Balaban J connectivity index is 1.44. The van der Waals surface area contributed by atoms with Crippen molar-refractivity contribution in [3.8, 4) is 0 Å². The molecule has 4 rings (SSSR count). The van der Waals surface area contributed by atoms with Crippen LogP contribution in [-0.4, -0.2) is 213 Å². The number of benzene rings is 2. The van der Waals surface area contributed by atoms with Crippen LogP contribution in [0.2, 0.25) is 0 Å². The fourth-order valence-corrected chi connectivity index (χ4v) is 14.7. The highest BCUT2D eigenvalue weighted by molar-refractivity contribution is 5.98. The second-order valence-electron chi connectivity index (χ2n) is 30.8. The van der Waals surface area contributed by atoms with Crippen LogP contribution in [-0.2, 0) is 65.6 Å². The molecule has 2 aliphatic heterocycles. The lowest BCUT2D eigenvalue weighted by molar-refractivity contribution is -0.196. The number of carbonyl (C=O) groups excluding carboxylic acids is 10. The molecule has 10 N–H and O–H groups in total. The zero-order chi connectivity index (χ0) is 79.3. The molecule has 0 spiro atoms. The van der Waals surface area contributed by atoms with Gasteiger partial charge < -0.3 is 67.5 Å². The van der Waals surface area contributed by atoms with Crippen molar-refractivity contribution in [2.75, 3.05) is 66.9 Å². The van der Waals surface area contributed by atoms with Crippen molar-refractivity contribution in [3.05, 3.63) is 65.7 Å². The maximum absolute atomic E-state index is 14.8. The molecule has 2 saturated heterocycles. The minimum absolute atomic E-state index is 0.0110. The van der Waals surface area contributed by atoms with E-state index in [1.54, 1.807) is 68.8 Å². The molecule has 25 nitrogen and oxygen atoms in total. The van der Waals surface area contributed by atoms with Gasteiger partial charge in [-0.1, -0.05) is 144 Å². The summed E-state index contributed by atoms with van der Waals surface area (Å²) in [6, 6.07) is 7.09. The largest absolute Gasteiger partial charge is 0.404 e. The first-order chi connectivity index (χ1) is 49.9. The Labute approximate surface area is 628 Å². The molecule has 11 amide bonds. The maximum atomic E-state index is 14.8. The number of halogens is 3. The van der Waals surface area contributed by atoms with E-state index in [2.05, 4.69) is 63.3 Å². The molecule has 0 bridgehead atoms. The third-order valence-corrected chi connectivity index (χ3v) is 21.2. The number of piperidine rings is 1. The Hall–Kier alpha value is -7.43. The maximum Gasteiger partial charge on any atom is 0.404 e. The number of nitrogens with two attached hydrogens (primary N) is 1. The SMILES string of the molecule is CCCCCC(C)(C)[C@@H](C(=O)N[C@H](C(=O)N(C)[C@@H]([C@@H](C)CC)[C@@H](CC(=O)N1CCC[C@H]1[C@H](OC)[C@@H](C)C(=O)N[C@@H](Cc1ccccc1)C(=O)NCc1ccc(NC(=O)[C@H](CCCNC(N)=O)NC(=O)[C@@H](NC(=O)CCCN2CC[C@H](C(=O)NC(C)CC)C[C@@H]2C(F)(F)F)C(C)C)cc1)OC)C(C)C)N(C)C. The lowest BCUT2D eigenvalue weighted by atomic mass is 9.78. The number of urea groups is 1. The summed E-state index contributed by atoms with van der Waals surface area (Å²) in [5.41, 5.74) is 6.63. The Kier molecular flexibility index (Phi) is 37.9. The number of rotatable bonds is 44. The fraction of sp³-hybridized carbons (Fsp3) is 0.718. The predicted octanol–water partition coefficient (Wildman–Crippen LogP) is 7.98. The van der Waals surface area contributed by atoms with Crippen molar-refractivity contribution in [1.29, 1.82) is 0 Å². The van der Waals surface area contributed by atoms with Gasteiger partial charge in [0.25, 0.3) is 0 Å². The second kappa shape index (κ2) is 44.1. The summed E-state index contributed by atoms with van der Waals surface area (Å²) in [6.45, 7) is 23.3. The molecule has 0 radical (unpaired) electrons. The van der Waals surface area contributed by atoms with Crippen molar-refractivity contribution < 1.29 is 70.6 Å². The van der Waals surface area contributed by atoms with E-state index in [0.29, 0.717) is 43.5 Å². The fourth-order valence-electron chi connectivity index (χ4n) is 14.7. The monoisotopic (exact) mass is 1500 g/mol. The first kappa shape index (κ1) is 91.0. The van der Waals surface area contributed by atoms with Crippen LogP contribution in [0.15, 0.2) is 54.6 Å². The number of hydrogen-bond acceptors (Lipinski definition) is 14. The molecule has 28 heteroatoms. The quantitative estimate of drug-likeness (QED) is 0.0284. The van der Waals surface area contributed by atoms with E-state index in [9.17, 15) is 61.1 Å². The van der Waals surface area contributed by atoms with Crippen LogP contribution in [0, 0.1) is 35.0 Å². The van der Waals surface area contributed by atoms with Crippen molar-refractivity contribution in [1.82, 2.24) is 56.8 Å². The van der Waals surface area contributed by atoms with E-state index in [1.165, 1.54) is 19.1 Å². The number of likely N-dealkylation sites (tertiary alicyclic amines) is 2. The van der Waals surface area contributed by atoms with E-state index in [-0.39, 0.29) is 112 Å². The first-order valence-electron chi connectivity index (χ1n) is 38.3. The van der Waals surface area contributed by atoms with Gasteiger partial charge in [0.05, 0.1) is 42.7 Å². The van der Waals surface area contributed by atoms with Gasteiger partial charge in [-0.3, -0.25) is 53.0 Å². The van der Waals surface area contributed by atoms with Gasteiger partial charge in [0.1, 0.15) is 30.2 Å². The molecule has 2 aliphatic rings. The Bertz CT molecular complexity index is 3130. The summed E-state index contributed by atoms with van der Waals surface area (Å²) < 4.78 is 55.2. The highest BCUT2D eigenvalue weighted by Gasteiger charge is 2.49. The summed E-state index contributed by atoms with van der Waals surface area (Å²) in [7, 11) is 8.51. The number of anilines is 1. The molecule has 14 atom stereocenters. The van der Waals surface area contributed by atoms with E-state index >= 15 is 0 Å². The first-order valence-corrected chi connectivity index (χ1v) is 38.3. The predicted molar refractivity (Wildman–Crippen MR) is 404 cm³/mol. The number of methoxy groups -OCH3 is 2. The lowest BCUT2D eigenvalue weighted by Gasteiger charge is -2.42. The number of unbranched alkanes of at least 4 members (excludes halogenated alkanes) is 2. The Morgan fingerprint density at radius 2 is 1.33 bits per heavy atom. The summed E-state index contributed by atoms with van der Waals surface area (Å²) in [5, 5.41) is 22.6. The van der Waals surface area contributed by atoms with Gasteiger partial charge in [0, 0.05) is 71.4 Å². The number of nitrogens with zero attached hydrogens (tertiary/aromatic N) is 4. The molecule has 0 saturated carbocycles. The van der Waals surface area contributed by atoms with E-state index in [1.807, 2.05) is 83.9 Å². The summed E-state index contributed by atoms with van der Waals surface area (Å²) >= 11 is 0. The van der Waals surface area contributed by atoms with Gasteiger partial charge in [-0.15, -0.1) is 0 Å². The number of likely N-dealkylation sites (N-methyl/N-ethyl adjacent to an activating group) is 2. The lowest BCUT2D eigenvalue weighted by Crippen LogP contribution is -2.60. The number of nitrogens with one attached hydrogen (secondary N) is 8. The number of hydrogen-bond donors (Lipinski definition) is 9. The van der Waals surface area contributed by atoms with Crippen molar-refractivity contribution in [2.45, 2.75) is 265 Å². The topological polar surface area (TPSA) is 324 Å². The smallest absolute Gasteiger partial charge is 0.379 e. The van der Waals surface area contributed by atoms with Crippen LogP contribution >= 0.6 is 0 Å². The highest BCUT2D eigenvalue weighted by Crippen LogP contribution is 2.36. The standard InChI is InChI=1S/C78H128F3N13O12/c1-18-21-25-39-77(11,12)68(91(13)14)74(102)90-65(49(6)7)75(103)92(15)66(50(8)19-2)60(105-16)46-63(96)94-42-27-32-59(94)67(106-17)52(10)69(97)88-58(44-53-29-23-22-24-30-53)71(99)84-47-54-34-36-56(37-35-54)86-72(100)57(31-26-40-83-76(82)104)87-73(101)64(48(4)5)89-62(95)33-28-41-93-43-38-55(45-61(93)78(79,80)81)70(98)85-51(9)20-3/h22-24,29-30,34-37,48-52,55,57-61,64-68H,18-21,25-28,31-33,38-47H2,1-17H3,(H,84,99)(H,85,98)(H,86,100)(H,87,101)(H,88,97)(H,89,95)(H,90,102)(H3,82,83,104)/t50-,51?,52+,55-,57-,58-,59-,60+,61+,64-,65-,66-,67+,68+/m0/s1. The average molecular weight is 1500 g/mol. The van der Waals surface area contributed by atoms with Crippen LogP contribution in [0.5, 0.6) is 0 Å². The molecule has 0 aliphatic carbocycles. The second-order valence-corrected chi connectivity index (χ2v) is 30.8. The summed E-state index contributed by atoms with van der Waals surface area (Å²) in [4.78, 5) is 145. The summed E-state index contributed by atoms with van der Waals surface area (Å²) in [6.07, 6.45) is 0.228. The third-order valence-electron chi connectivity index (χ3n) is 21.2. The number of alkyl halides is 3. The molecule has 1 unspecified atom stereocenters. The van der Waals surface area contributed by atoms with Crippen LogP contribution in [0.1, 0.15) is 191 Å². The molecule has 598 valence electrons. The van der Waals surface area contributed by atoms with E-state index in [4.69, 9.17) is 15.2 Å². The Morgan fingerprint density at radius 1 is 0.679 bits per heavy atom. The number of carbonyl (C=O) groups is 10. The van der Waals surface area contributed by atoms with Crippen LogP contribution < -0.4 is 48.3 Å². The van der Waals surface area contributed by atoms with Gasteiger partial charge in [-0.2, -0.15) is 13.2 Å². The molecule has 106 heavy (non-hydrogen) atoms. The van der Waals surface area contributed by atoms with Gasteiger partial charge in [-0.05, 0) is 138 Å². The Morgan fingerprint density at radius 3 is 1.91 bits per heavy atom. The molecule has 0 aromatic heterocycles. The molecular formula is C78H128F3N13O12. The minimum Gasteiger partial charge on any atom is -0.379 e. The van der Waals surface area contributed by atoms with Crippen LogP contribution in [0.25, 0.3) is 0 Å². The molecule has 2 aromatic rings. The van der Waals surface area contributed by atoms with Crippen molar-refractivity contribution >= 4 is 64.9 Å². The van der Waals surface area contributed by atoms with Crippen molar-refractivity contribution in [3.63, 3.8) is 0 Å². The van der Waals surface area contributed by atoms with E-state index in [0.717, 1.165) is 31.2 Å². The van der Waals surface area contributed by atoms with Gasteiger partial charge in [0.15, 0.2) is 0 Å². The zero-order valence-corrected chi connectivity index (χ0v) is 66.2. The third kappa shape index (κ3) is 28.0. The number of ether oxygens (including phenoxy) is 2. The number of primary amides is 1. The van der Waals surface area contributed by atoms with Crippen LogP contribution in [0.4, 0.5) is 23.7 Å². The summed E-state index contributed by atoms with van der Waals surface area (Å²) in [5.74, 6) is -6.56. The van der Waals surface area contributed by atoms with Gasteiger partial charge in [-0.25, -0.2) is 4.79 Å². The molecule has 2 aromatic carbocycles. The van der Waals surface area contributed by atoms with E-state index < -0.39 is 132 Å². The molecule has 2 heterocycles.